The molecule has 0 radical (unpaired) electrons. The zero-order valence-corrected chi connectivity index (χ0v) is 9.64. The highest BCUT2D eigenvalue weighted by Gasteiger charge is 2.22. The summed E-state index contributed by atoms with van der Waals surface area (Å²) in [7, 11) is 2.93. The van der Waals surface area contributed by atoms with Crippen molar-refractivity contribution in [3.8, 4) is 0 Å². The Hall–Kier alpha value is -1.10. The fraction of sp³-hybridized carbons (Fsp3) is 0.556. The molecule has 0 aliphatic heterocycles. The van der Waals surface area contributed by atoms with Gasteiger partial charge in [-0.25, -0.2) is 9.18 Å². The minimum Gasteiger partial charge on any atom is -0.462 e. The number of carbonyl (C=O) groups excluding carboxylic acids is 1. The second-order valence-corrected chi connectivity index (χ2v) is 2.86. The first-order valence-corrected chi connectivity index (χ1v) is 4.81. The molecule has 0 rings (SSSR count). The lowest BCUT2D eigenvalue weighted by atomic mass is 10.2. The van der Waals surface area contributed by atoms with E-state index in [0.29, 0.717) is 0 Å². The Labute approximate surface area is 93.2 Å². The molecule has 0 spiro atoms. The lowest BCUT2D eigenvalue weighted by molar-refractivity contribution is -0.137. The number of aliphatic imine (C=N–C) groups is 1. The van der Waals surface area contributed by atoms with Crippen LogP contribution in [-0.4, -0.2) is 38.0 Å². The van der Waals surface area contributed by atoms with Crippen molar-refractivity contribution in [2.75, 3.05) is 20.7 Å². The summed E-state index contributed by atoms with van der Waals surface area (Å²) >= 11 is 5.24. The molecule has 1 atom stereocenters. The van der Waals surface area contributed by atoms with Gasteiger partial charge < -0.3 is 10.1 Å². The van der Waals surface area contributed by atoms with E-state index in [2.05, 4.69) is 10.3 Å². The number of nitrogens with zero attached hydrogens (tertiary/aromatic N) is 1. The molecular formula is C9H14ClFN2O2. The summed E-state index contributed by atoms with van der Waals surface area (Å²) < 4.78 is 17.6. The number of nitrogens with one attached hydrogen (secondary N) is 1. The largest absolute Gasteiger partial charge is 0.462 e. The molecule has 1 unspecified atom stereocenters. The summed E-state index contributed by atoms with van der Waals surface area (Å²) in [5.74, 6) is -0.657. The van der Waals surface area contributed by atoms with E-state index in [1.54, 1.807) is 14.0 Å². The molecule has 0 aromatic rings. The topological polar surface area (TPSA) is 50.7 Å². The molecule has 86 valence electrons. The van der Waals surface area contributed by atoms with Crippen LogP contribution in [-0.2, 0) is 9.53 Å². The van der Waals surface area contributed by atoms with Crippen molar-refractivity contribution in [3.63, 3.8) is 0 Å². The van der Waals surface area contributed by atoms with E-state index in [0.717, 1.165) is 0 Å². The van der Waals surface area contributed by atoms with E-state index in [4.69, 9.17) is 16.3 Å². The minimum absolute atomic E-state index is 0.00986. The third-order valence-corrected chi connectivity index (χ3v) is 1.71. The Morgan fingerprint density at radius 3 is 2.67 bits per heavy atom. The van der Waals surface area contributed by atoms with E-state index in [-0.39, 0.29) is 17.9 Å². The van der Waals surface area contributed by atoms with Gasteiger partial charge in [0.2, 0.25) is 5.63 Å². The van der Waals surface area contributed by atoms with E-state index < -0.39 is 11.6 Å². The van der Waals surface area contributed by atoms with Gasteiger partial charge in [0.15, 0.2) is 0 Å². The van der Waals surface area contributed by atoms with Crippen LogP contribution in [0.2, 0.25) is 0 Å². The molecule has 0 saturated heterocycles. The summed E-state index contributed by atoms with van der Waals surface area (Å²) in [5, 5.41) is 2.61. The minimum atomic E-state index is -1.83. The first-order valence-electron chi connectivity index (χ1n) is 4.38. The quantitative estimate of drug-likeness (QED) is 0.338. The number of ether oxygens (including phenoxy) is 1. The summed E-state index contributed by atoms with van der Waals surface area (Å²) in [6.07, 6.45) is 1.30. The Balaban J connectivity index is 4.97. The van der Waals surface area contributed by atoms with Crippen molar-refractivity contribution in [1.29, 1.82) is 0 Å². The third kappa shape index (κ3) is 4.29. The zero-order chi connectivity index (χ0) is 11.8. The second-order valence-electron chi connectivity index (χ2n) is 2.48. The summed E-state index contributed by atoms with van der Waals surface area (Å²) in [5.41, 5.74) is -1.99. The average Bonchev–Trinajstić information content (AvgIpc) is 2.17. The van der Waals surface area contributed by atoms with Crippen LogP contribution in [0, 0.1) is 0 Å². The second kappa shape index (κ2) is 7.23. The number of alkyl halides is 2. The van der Waals surface area contributed by atoms with Gasteiger partial charge in [-0.15, -0.1) is 0 Å². The van der Waals surface area contributed by atoms with Gasteiger partial charge in [0.1, 0.15) is 5.57 Å². The molecule has 0 amide bonds. The van der Waals surface area contributed by atoms with Crippen molar-refractivity contribution < 1.29 is 13.9 Å². The van der Waals surface area contributed by atoms with Crippen LogP contribution in [0.4, 0.5) is 4.39 Å². The summed E-state index contributed by atoms with van der Waals surface area (Å²) in [6.45, 7) is 1.86. The summed E-state index contributed by atoms with van der Waals surface area (Å²) in [6, 6.07) is 0. The van der Waals surface area contributed by atoms with Gasteiger partial charge in [0, 0.05) is 20.3 Å². The van der Waals surface area contributed by atoms with Crippen LogP contribution >= 0.6 is 11.6 Å². The van der Waals surface area contributed by atoms with Crippen molar-refractivity contribution in [1.82, 2.24) is 5.32 Å². The average molecular weight is 237 g/mol. The zero-order valence-electron chi connectivity index (χ0n) is 8.88. The smallest absolute Gasteiger partial charge is 0.341 e. The van der Waals surface area contributed by atoms with Gasteiger partial charge in [0.05, 0.1) is 12.3 Å². The molecule has 0 aliphatic carbocycles. The predicted molar refractivity (Wildman–Crippen MR) is 57.9 cm³/mol. The molecule has 0 aliphatic rings. The van der Waals surface area contributed by atoms with Crippen molar-refractivity contribution in [2.24, 2.45) is 4.99 Å². The molecule has 6 heteroatoms. The number of hydrogen-bond acceptors (Lipinski definition) is 4. The van der Waals surface area contributed by atoms with Gasteiger partial charge in [-0.2, -0.15) is 0 Å². The maximum Gasteiger partial charge on any atom is 0.341 e. The van der Waals surface area contributed by atoms with Gasteiger partial charge in [0.25, 0.3) is 0 Å². The molecule has 15 heavy (non-hydrogen) atoms. The molecule has 0 aromatic carbocycles. The highest BCUT2D eigenvalue weighted by atomic mass is 35.5. The lowest BCUT2D eigenvalue weighted by Gasteiger charge is -2.09. The van der Waals surface area contributed by atoms with Gasteiger partial charge in [-0.1, -0.05) is 11.6 Å². The molecule has 0 aromatic heterocycles. The van der Waals surface area contributed by atoms with Gasteiger partial charge in [-0.3, -0.25) is 4.99 Å². The number of rotatable bonds is 5. The van der Waals surface area contributed by atoms with E-state index in [9.17, 15) is 9.18 Å². The SMILES string of the molecule is CCOC(=O)C(=C/NC)/C(=N\C)C(F)Cl. The Morgan fingerprint density at radius 2 is 2.33 bits per heavy atom. The fourth-order valence-electron chi connectivity index (χ4n) is 0.926. The van der Waals surface area contributed by atoms with Gasteiger partial charge >= 0.3 is 5.97 Å². The van der Waals surface area contributed by atoms with Crippen LogP contribution in [0.15, 0.2) is 16.8 Å². The highest BCUT2D eigenvalue weighted by Crippen LogP contribution is 2.11. The monoisotopic (exact) mass is 236 g/mol. The van der Waals surface area contributed by atoms with Crippen LogP contribution in [0.3, 0.4) is 0 Å². The van der Waals surface area contributed by atoms with E-state index in [1.807, 2.05) is 0 Å². The number of esters is 1. The first kappa shape index (κ1) is 13.9. The van der Waals surface area contributed by atoms with E-state index >= 15 is 0 Å². The normalized spacial score (nSPS) is 14.7. The lowest BCUT2D eigenvalue weighted by Crippen LogP contribution is -2.23. The molecular weight excluding hydrogens is 223 g/mol. The number of hydrogen-bond donors (Lipinski definition) is 1. The Kier molecular flexibility index (Phi) is 6.70. The summed E-state index contributed by atoms with van der Waals surface area (Å²) in [4.78, 5) is 15.0. The Bertz CT molecular complexity index is 277. The van der Waals surface area contributed by atoms with Crippen LogP contribution < -0.4 is 5.32 Å². The fourth-order valence-corrected chi connectivity index (χ4v) is 1.14. The number of carbonyl (C=O) groups is 1. The molecule has 0 saturated carbocycles. The first-order chi connectivity index (χ1) is 7.08. The van der Waals surface area contributed by atoms with Crippen LogP contribution in [0.1, 0.15) is 6.92 Å². The maximum atomic E-state index is 12.9. The molecule has 4 nitrogen and oxygen atoms in total. The van der Waals surface area contributed by atoms with Crippen LogP contribution in [0.5, 0.6) is 0 Å². The third-order valence-electron chi connectivity index (χ3n) is 1.51. The van der Waals surface area contributed by atoms with E-state index in [1.165, 1.54) is 13.2 Å². The van der Waals surface area contributed by atoms with Crippen LogP contribution in [0.25, 0.3) is 0 Å². The molecule has 0 bridgehead atoms. The van der Waals surface area contributed by atoms with Crippen molar-refractivity contribution >= 4 is 23.3 Å². The standard InChI is InChI=1S/C9H14ClFN2O2/c1-4-15-9(14)6(5-12-2)7(13-3)8(10)11/h5,8,12H,4H2,1-3H3/b6-5+,13-7+. The maximum absolute atomic E-state index is 12.9. The Morgan fingerprint density at radius 1 is 1.73 bits per heavy atom. The molecule has 1 N–H and O–H groups in total. The molecule has 0 heterocycles. The van der Waals surface area contributed by atoms with Crippen molar-refractivity contribution in [2.45, 2.75) is 12.6 Å². The molecule has 0 fully saturated rings. The number of halogens is 2. The van der Waals surface area contributed by atoms with Crippen molar-refractivity contribution in [3.05, 3.63) is 11.8 Å². The predicted octanol–water partition coefficient (Wildman–Crippen LogP) is 1.26. The highest BCUT2D eigenvalue weighted by molar-refractivity contribution is 6.38. The van der Waals surface area contributed by atoms with Gasteiger partial charge in [-0.05, 0) is 6.92 Å².